The third-order valence-corrected chi connectivity index (χ3v) is 3.83. The molecule has 24 heavy (non-hydrogen) atoms. The fourth-order valence-corrected chi connectivity index (χ4v) is 2.62. The van der Waals surface area contributed by atoms with Gasteiger partial charge in [-0.3, -0.25) is 4.79 Å². The van der Waals surface area contributed by atoms with E-state index in [0.29, 0.717) is 12.1 Å². The van der Waals surface area contributed by atoms with E-state index in [-0.39, 0.29) is 11.7 Å². The van der Waals surface area contributed by atoms with Crippen molar-refractivity contribution in [3.05, 3.63) is 57.9 Å². The minimum absolute atomic E-state index is 0.140. The third-order valence-electron chi connectivity index (χ3n) is 3.83. The first-order valence-electron chi connectivity index (χ1n) is 7.66. The summed E-state index contributed by atoms with van der Waals surface area (Å²) in [6.45, 7) is 3.67. The Kier molecular flexibility index (Phi) is 4.20. The maximum atomic E-state index is 12.2. The highest BCUT2D eigenvalue weighted by Crippen LogP contribution is 2.19. The van der Waals surface area contributed by atoms with Crippen LogP contribution in [0.4, 0.5) is 0 Å². The average Bonchev–Trinajstić information content (AvgIpc) is 2.84. The second-order valence-corrected chi connectivity index (χ2v) is 5.86. The zero-order valence-corrected chi connectivity index (χ0v) is 13.4. The number of hydrogen-bond donors (Lipinski definition) is 1. The quantitative estimate of drug-likeness (QED) is 0.874. The highest BCUT2D eigenvalue weighted by atomic mass is 16.6. The molecule has 2 aromatic rings. The summed E-state index contributed by atoms with van der Waals surface area (Å²) in [7, 11) is 0. The molecule has 0 unspecified atom stereocenters. The van der Waals surface area contributed by atoms with Crippen molar-refractivity contribution in [2.45, 2.75) is 32.5 Å². The molecule has 1 saturated heterocycles. The first-order chi connectivity index (χ1) is 11.4. The fourth-order valence-electron chi connectivity index (χ4n) is 2.62. The van der Waals surface area contributed by atoms with Crippen molar-refractivity contribution in [3.8, 4) is 11.3 Å². The molecule has 2 atom stereocenters. The van der Waals surface area contributed by atoms with Gasteiger partial charge in [-0.2, -0.15) is 0 Å². The molecule has 0 bridgehead atoms. The lowest BCUT2D eigenvalue weighted by Gasteiger charge is -2.08. The molecule has 0 amide bonds. The largest absolute Gasteiger partial charge is 0.460 e. The van der Waals surface area contributed by atoms with Gasteiger partial charge in [-0.25, -0.2) is 9.59 Å². The Morgan fingerprint density at radius 3 is 2.67 bits per heavy atom. The summed E-state index contributed by atoms with van der Waals surface area (Å²) < 4.78 is 10.0. The first-order valence-corrected chi connectivity index (χ1v) is 7.66. The zero-order chi connectivity index (χ0) is 17.3. The second kappa shape index (κ2) is 6.31. The van der Waals surface area contributed by atoms with Gasteiger partial charge in [0, 0.05) is 12.1 Å². The third kappa shape index (κ3) is 3.22. The minimum atomic E-state index is -0.955. The van der Waals surface area contributed by atoms with E-state index in [0.717, 1.165) is 11.1 Å². The Morgan fingerprint density at radius 1 is 1.25 bits per heavy atom. The lowest BCUT2D eigenvalue weighted by atomic mass is 10.1. The van der Waals surface area contributed by atoms with Gasteiger partial charge in [0.2, 0.25) is 6.10 Å². The van der Waals surface area contributed by atoms with E-state index in [1.165, 1.54) is 6.07 Å². The topological polar surface area (TPSA) is 85.5 Å². The van der Waals surface area contributed by atoms with Crippen molar-refractivity contribution in [2.24, 2.45) is 0 Å². The molecule has 1 aliphatic heterocycles. The zero-order valence-electron chi connectivity index (χ0n) is 13.4. The Morgan fingerprint density at radius 2 is 2.04 bits per heavy atom. The average molecular weight is 327 g/mol. The maximum absolute atomic E-state index is 12.2. The number of aromatic amines is 1. The smallest absolute Gasteiger partial charge is 0.347 e. The molecular weight excluding hydrogens is 310 g/mol. The van der Waals surface area contributed by atoms with Gasteiger partial charge < -0.3 is 14.5 Å². The first kappa shape index (κ1) is 16.0. The van der Waals surface area contributed by atoms with Crippen LogP contribution in [0.25, 0.3) is 11.3 Å². The molecule has 0 radical (unpaired) electrons. The Balaban J connectivity index is 1.81. The van der Waals surface area contributed by atoms with E-state index < -0.39 is 23.6 Å². The van der Waals surface area contributed by atoms with E-state index >= 15 is 0 Å². The van der Waals surface area contributed by atoms with Gasteiger partial charge in [-0.15, -0.1) is 0 Å². The van der Waals surface area contributed by atoms with E-state index in [9.17, 15) is 14.4 Å². The predicted molar refractivity (Wildman–Crippen MR) is 86.6 cm³/mol. The van der Waals surface area contributed by atoms with Crippen molar-refractivity contribution in [1.82, 2.24) is 4.98 Å². The van der Waals surface area contributed by atoms with Gasteiger partial charge in [-0.05, 0) is 37.6 Å². The van der Waals surface area contributed by atoms with Gasteiger partial charge in [0.25, 0.3) is 5.56 Å². The summed E-state index contributed by atoms with van der Waals surface area (Å²) in [5, 5.41) is 0. The van der Waals surface area contributed by atoms with E-state index in [2.05, 4.69) is 4.98 Å². The molecule has 1 aromatic carbocycles. The van der Waals surface area contributed by atoms with Crippen LogP contribution in [-0.4, -0.2) is 29.1 Å². The Hall–Kier alpha value is -2.89. The van der Waals surface area contributed by atoms with Crippen LogP contribution >= 0.6 is 0 Å². The number of H-pyrrole nitrogens is 1. The standard InChI is InChI=1S/C18H17NO5/c1-10-4-3-5-12(8-10)14-7-6-13(16(20)19-14)17(21)24-15-9-11(2)23-18(15)22/h3-8,11,15H,9H2,1-2H3,(H,19,20)/t11-,15-/m1/s1. The second-order valence-electron chi connectivity index (χ2n) is 5.86. The number of carbonyl (C=O) groups is 2. The normalized spacial score (nSPS) is 19.8. The van der Waals surface area contributed by atoms with Crippen LogP contribution in [-0.2, 0) is 14.3 Å². The van der Waals surface area contributed by atoms with E-state index in [1.54, 1.807) is 13.0 Å². The number of pyridine rings is 1. The molecule has 2 heterocycles. The molecule has 1 fully saturated rings. The summed E-state index contributed by atoms with van der Waals surface area (Å²) in [4.78, 5) is 38.5. The Labute approximate surface area is 138 Å². The van der Waals surface area contributed by atoms with Crippen molar-refractivity contribution < 1.29 is 19.1 Å². The number of aromatic nitrogens is 1. The number of nitrogens with one attached hydrogen (secondary N) is 1. The summed E-state index contributed by atoms with van der Waals surface area (Å²) in [5.74, 6) is -1.41. The molecule has 3 rings (SSSR count). The lowest BCUT2D eigenvalue weighted by Crippen LogP contribution is -2.27. The van der Waals surface area contributed by atoms with E-state index in [4.69, 9.17) is 9.47 Å². The van der Waals surface area contributed by atoms with Crippen molar-refractivity contribution in [1.29, 1.82) is 0 Å². The van der Waals surface area contributed by atoms with Crippen molar-refractivity contribution in [3.63, 3.8) is 0 Å². The van der Waals surface area contributed by atoms with Gasteiger partial charge in [0.1, 0.15) is 11.7 Å². The fraction of sp³-hybridized carbons (Fsp3) is 0.278. The van der Waals surface area contributed by atoms with Gasteiger partial charge in [0.05, 0.1) is 0 Å². The SMILES string of the molecule is Cc1cccc(-c2ccc(C(=O)O[C@@H]3C[C@@H](C)OC3=O)c(=O)[nH]2)c1. The molecule has 6 nitrogen and oxygen atoms in total. The lowest BCUT2D eigenvalue weighted by molar-refractivity contribution is -0.147. The number of aryl methyl sites for hydroxylation is 1. The highest BCUT2D eigenvalue weighted by molar-refractivity contribution is 5.91. The molecule has 1 N–H and O–H groups in total. The summed E-state index contributed by atoms with van der Waals surface area (Å²) in [6, 6.07) is 10.7. The van der Waals surface area contributed by atoms with Crippen LogP contribution in [0.15, 0.2) is 41.2 Å². The number of esters is 2. The molecule has 124 valence electrons. The van der Waals surface area contributed by atoms with Crippen LogP contribution in [0.1, 0.15) is 29.3 Å². The van der Waals surface area contributed by atoms with Crippen LogP contribution in [0, 0.1) is 6.92 Å². The number of benzene rings is 1. The molecule has 0 aliphatic carbocycles. The summed E-state index contributed by atoms with van der Waals surface area (Å²) >= 11 is 0. The predicted octanol–water partition coefficient (Wildman–Crippen LogP) is 2.21. The van der Waals surface area contributed by atoms with Crippen LogP contribution in [0.5, 0.6) is 0 Å². The molecule has 0 saturated carbocycles. The molecule has 6 heteroatoms. The van der Waals surface area contributed by atoms with Crippen LogP contribution in [0.2, 0.25) is 0 Å². The van der Waals surface area contributed by atoms with Gasteiger partial charge in [0.15, 0.2) is 0 Å². The minimum Gasteiger partial charge on any atom is -0.460 e. The molecule has 1 aliphatic rings. The molecular formula is C18H17NO5. The highest BCUT2D eigenvalue weighted by Gasteiger charge is 2.35. The van der Waals surface area contributed by atoms with Crippen molar-refractivity contribution in [2.75, 3.05) is 0 Å². The van der Waals surface area contributed by atoms with Gasteiger partial charge >= 0.3 is 11.9 Å². The number of cyclic esters (lactones) is 1. The number of hydrogen-bond acceptors (Lipinski definition) is 5. The molecule has 0 spiro atoms. The van der Waals surface area contributed by atoms with E-state index in [1.807, 2.05) is 31.2 Å². The number of rotatable bonds is 3. The maximum Gasteiger partial charge on any atom is 0.347 e. The molecule has 1 aromatic heterocycles. The van der Waals surface area contributed by atoms with Crippen LogP contribution < -0.4 is 5.56 Å². The number of ether oxygens (including phenoxy) is 2. The summed E-state index contributed by atoms with van der Waals surface area (Å²) in [5.41, 5.74) is 1.82. The van der Waals surface area contributed by atoms with Gasteiger partial charge in [-0.1, -0.05) is 23.8 Å². The van der Waals surface area contributed by atoms with Crippen molar-refractivity contribution >= 4 is 11.9 Å². The Bertz CT molecular complexity index is 854. The monoisotopic (exact) mass is 327 g/mol. The van der Waals surface area contributed by atoms with Crippen LogP contribution in [0.3, 0.4) is 0 Å². The summed E-state index contributed by atoms with van der Waals surface area (Å²) in [6.07, 6.45) is -0.954. The number of carbonyl (C=O) groups excluding carboxylic acids is 2.